The summed E-state index contributed by atoms with van der Waals surface area (Å²) in [6.07, 6.45) is 14.0. The van der Waals surface area contributed by atoms with Gasteiger partial charge in [-0.25, -0.2) is 4.68 Å². The fraction of sp³-hybridized carbons (Fsp3) is 0.926. The Kier molecular flexibility index (Phi) is 5.98. The summed E-state index contributed by atoms with van der Waals surface area (Å²) in [5.41, 5.74) is -0.0528. The summed E-state index contributed by atoms with van der Waals surface area (Å²) in [5.74, 6) is 3.95. The molecule has 4 aliphatic carbocycles. The van der Waals surface area contributed by atoms with Crippen molar-refractivity contribution in [1.29, 1.82) is 0 Å². The topological polar surface area (TPSA) is 80.9 Å². The third-order valence-corrected chi connectivity index (χ3v) is 11.1. The number of aliphatic hydroxyl groups is 1. The summed E-state index contributed by atoms with van der Waals surface area (Å²) in [6, 6.07) is 0. The Bertz CT molecular complexity index is 881. The molecule has 0 unspecified atom stereocenters. The van der Waals surface area contributed by atoms with Gasteiger partial charge in [0.05, 0.1) is 5.60 Å². The highest BCUT2D eigenvalue weighted by molar-refractivity contribution is 5.81. The molecule has 0 aliphatic heterocycles. The van der Waals surface area contributed by atoms with Crippen LogP contribution in [0.25, 0.3) is 0 Å². The van der Waals surface area contributed by atoms with Gasteiger partial charge in [0.15, 0.2) is 5.78 Å². The predicted molar refractivity (Wildman–Crippen MR) is 127 cm³/mol. The molecule has 0 amide bonds. The zero-order valence-corrected chi connectivity index (χ0v) is 21.2. The lowest BCUT2D eigenvalue weighted by Crippen LogP contribution is -2.54. The van der Waals surface area contributed by atoms with Crippen LogP contribution >= 0.6 is 0 Å². The molecule has 0 aromatic carbocycles. The van der Waals surface area contributed by atoms with Crippen LogP contribution in [0.4, 0.5) is 0 Å². The summed E-state index contributed by atoms with van der Waals surface area (Å²) in [5, 5.41) is 22.7. The van der Waals surface area contributed by atoms with Crippen LogP contribution in [0.2, 0.25) is 0 Å². The predicted octanol–water partition coefficient (Wildman–Crippen LogP) is 5.13. The molecule has 1 N–H and O–H groups in total. The lowest BCUT2D eigenvalue weighted by Gasteiger charge is -2.61. The molecule has 1 heterocycles. The summed E-state index contributed by atoms with van der Waals surface area (Å²) < 4.78 is 1.68. The van der Waals surface area contributed by atoms with E-state index in [0.717, 1.165) is 49.8 Å². The average molecular weight is 457 g/mol. The van der Waals surface area contributed by atoms with Crippen LogP contribution in [-0.4, -0.2) is 36.7 Å². The second-order valence-corrected chi connectivity index (χ2v) is 12.9. The molecule has 5 rings (SSSR count). The van der Waals surface area contributed by atoms with Crippen molar-refractivity contribution in [2.45, 2.75) is 117 Å². The number of hydrogen-bond donors (Lipinski definition) is 1. The van der Waals surface area contributed by atoms with Crippen molar-refractivity contribution in [2.75, 3.05) is 0 Å². The van der Waals surface area contributed by atoms with E-state index in [2.05, 4.69) is 36.3 Å². The van der Waals surface area contributed by atoms with E-state index >= 15 is 0 Å². The fourth-order valence-electron chi connectivity index (χ4n) is 9.29. The maximum absolute atomic E-state index is 13.7. The van der Waals surface area contributed by atoms with E-state index in [1.165, 1.54) is 44.9 Å². The van der Waals surface area contributed by atoms with Crippen molar-refractivity contribution >= 4 is 5.78 Å². The van der Waals surface area contributed by atoms with Crippen LogP contribution in [0.5, 0.6) is 0 Å². The number of carbonyl (C=O) groups excluding carboxylic acids is 1. The number of tetrazole rings is 1. The van der Waals surface area contributed by atoms with E-state index < -0.39 is 5.60 Å². The van der Waals surface area contributed by atoms with Gasteiger partial charge in [-0.1, -0.05) is 33.1 Å². The van der Waals surface area contributed by atoms with Crippen LogP contribution in [0.15, 0.2) is 0 Å². The van der Waals surface area contributed by atoms with Crippen molar-refractivity contribution in [2.24, 2.45) is 40.4 Å². The maximum atomic E-state index is 13.7. The minimum Gasteiger partial charge on any atom is -0.390 e. The molecule has 4 aliphatic rings. The number of Topliss-reactive ketones (excluding diaryl/α,β-unsaturated/α-hetero) is 1. The van der Waals surface area contributed by atoms with E-state index in [0.29, 0.717) is 29.6 Å². The normalized spacial score (nSPS) is 45.8. The number of nitrogens with zero attached hydrogens (tertiary/aromatic N) is 4. The summed E-state index contributed by atoms with van der Waals surface area (Å²) in [4.78, 5) is 13.7. The van der Waals surface area contributed by atoms with Crippen LogP contribution in [-0.2, 0) is 11.3 Å². The molecule has 0 radical (unpaired) electrons. The van der Waals surface area contributed by atoms with Crippen LogP contribution < -0.4 is 0 Å². The molecule has 4 fully saturated rings. The number of fused-ring (bicyclic) bond motifs is 5. The fourth-order valence-corrected chi connectivity index (χ4v) is 9.29. The lowest BCUT2D eigenvalue weighted by atomic mass is 9.44. The van der Waals surface area contributed by atoms with Crippen molar-refractivity contribution < 1.29 is 9.90 Å². The highest BCUT2D eigenvalue weighted by atomic mass is 16.3. The smallest absolute Gasteiger partial charge is 0.158 e. The van der Waals surface area contributed by atoms with Gasteiger partial charge in [-0.3, -0.25) is 4.79 Å². The Morgan fingerprint density at radius 3 is 2.48 bits per heavy atom. The van der Waals surface area contributed by atoms with Gasteiger partial charge in [-0.15, -0.1) is 5.10 Å². The first-order valence-electron chi connectivity index (χ1n) is 13.6. The van der Waals surface area contributed by atoms with Crippen LogP contribution in [0, 0.1) is 47.3 Å². The first-order chi connectivity index (χ1) is 15.6. The molecule has 6 heteroatoms. The monoisotopic (exact) mass is 456 g/mol. The van der Waals surface area contributed by atoms with Crippen molar-refractivity contribution in [3.8, 4) is 0 Å². The molecule has 0 bridgehead atoms. The van der Waals surface area contributed by atoms with Gasteiger partial charge in [0, 0.05) is 5.92 Å². The minimum absolute atomic E-state index is 0.0933. The lowest BCUT2D eigenvalue weighted by molar-refractivity contribution is -0.144. The Morgan fingerprint density at radius 1 is 0.970 bits per heavy atom. The van der Waals surface area contributed by atoms with Gasteiger partial charge in [0.25, 0.3) is 0 Å². The summed E-state index contributed by atoms with van der Waals surface area (Å²) in [7, 11) is 0. The number of aryl methyl sites for hydroxylation is 1. The Morgan fingerprint density at radius 2 is 1.73 bits per heavy atom. The molecule has 0 spiro atoms. The zero-order valence-electron chi connectivity index (χ0n) is 21.2. The quantitative estimate of drug-likeness (QED) is 0.682. The maximum Gasteiger partial charge on any atom is 0.158 e. The van der Waals surface area contributed by atoms with E-state index in [1.54, 1.807) is 4.68 Å². The average Bonchev–Trinajstić information content (AvgIpc) is 2.98. The Labute approximate surface area is 199 Å². The zero-order chi connectivity index (χ0) is 23.4. The van der Waals surface area contributed by atoms with E-state index in [-0.39, 0.29) is 11.3 Å². The van der Waals surface area contributed by atoms with Crippen molar-refractivity contribution in [3.63, 3.8) is 0 Å². The van der Waals surface area contributed by atoms with Crippen molar-refractivity contribution in [1.82, 2.24) is 20.2 Å². The molecule has 33 heavy (non-hydrogen) atoms. The number of hydrogen-bond acceptors (Lipinski definition) is 5. The highest BCUT2D eigenvalue weighted by Gasteiger charge is 2.59. The molecular weight excluding hydrogens is 412 g/mol. The molecule has 8 atom stereocenters. The molecular formula is C27H44N4O2. The molecule has 4 saturated carbocycles. The van der Waals surface area contributed by atoms with Gasteiger partial charge < -0.3 is 5.11 Å². The number of carbonyl (C=O) groups is 1. The minimum atomic E-state index is -0.493. The number of aromatic nitrogens is 4. The molecule has 6 nitrogen and oxygen atoms in total. The highest BCUT2D eigenvalue weighted by Crippen LogP contribution is 2.66. The number of rotatable bonds is 3. The third-order valence-electron chi connectivity index (χ3n) is 11.1. The largest absolute Gasteiger partial charge is 0.390 e. The van der Waals surface area contributed by atoms with Crippen LogP contribution in [0.3, 0.4) is 0 Å². The first kappa shape index (κ1) is 23.4. The second kappa shape index (κ2) is 8.42. The Balaban J connectivity index is 1.41. The molecule has 184 valence electrons. The van der Waals surface area contributed by atoms with E-state index in [9.17, 15) is 9.90 Å². The van der Waals surface area contributed by atoms with Crippen molar-refractivity contribution in [3.05, 3.63) is 5.82 Å². The van der Waals surface area contributed by atoms with Gasteiger partial charge in [0.2, 0.25) is 0 Å². The SMILES string of the molecule is Cc1nnnn1CC(=O)[C@@H]1CCCC[C@H]2[C@@H]3CC[C@@H]4C[C@](C)(O)CCC[C@]4(C)[C@H]3CC[C@]12C. The number of ketones is 1. The standard InChI is InChI=1S/C27H44N4O2/c1-18-28-29-30-31(18)17-24(32)23-9-6-5-8-21-20-11-10-19-16-25(2,33)13-7-14-26(19,3)22(20)12-15-27(21,23)4/h19-23,33H,5-17H2,1-4H3/t19-,20+,21+,22+,23+,25-,26+,27+/m1/s1. The molecule has 1 aromatic rings. The third kappa shape index (κ3) is 3.98. The van der Waals surface area contributed by atoms with Gasteiger partial charge in [-0.05, 0) is 117 Å². The van der Waals surface area contributed by atoms with Crippen LogP contribution in [0.1, 0.15) is 104 Å². The first-order valence-corrected chi connectivity index (χ1v) is 13.6. The van der Waals surface area contributed by atoms with Gasteiger partial charge >= 0.3 is 0 Å². The summed E-state index contributed by atoms with van der Waals surface area (Å²) >= 11 is 0. The van der Waals surface area contributed by atoms with E-state index in [4.69, 9.17) is 0 Å². The molecule has 0 saturated heterocycles. The second-order valence-electron chi connectivity index (χ2n) is 12.9. The van der Waals surface area contributed by atoms with E-state index in [1.807, 2.05) is 6.92 Å². The Hall–Kier alpha value is -1.30. The summed E-state index contributed by atoms with van der Waals surface area (Å²) in [6.45, 7) is 9.28. The van der Waals surface area contributed by atoms with Gasteiger partial charge in [-0.2, -0.15) is 0 Å². The molecule has 1 aromatic heterocycles. The van der Waals surface area contributed by atoms with Gasteiger partial charge in [0.1, 0.15) is 12.4 Å².